The second-order valence-corrected chi connectivity index (χ2v) is 4.89. The molecular weight excluding hydrogens is 254 g/mol. The van der Waals surface area contributed by atoms with Crippen molar-refractivity contribution in [2.45, 2.75) is 37.5 Å². The molecule has 4 N–H and O–H groups in total. The second-order valence-electron chi connectivity index (χ2n) is 4.89. The average molecular weight is 271 g/mol. The smallest absolute Gasteiger partial charge is 0.326 e. The summed E-state index contributed by atoms with van der Waals surface area (Å²) >= 11 is 0. The fourth-order valence-corrected chi connectivity index (χ4v) is 2.41. The number of nitrogens with one attached hydrogen (secondary N) is 2. The highest BCUT2D eigenvalue weighted by molar-refractivity contribution is 5.83. The Morgan fingerprint density at radius 3 is 2.79 bits per heavy atom. The number of urea groups is 1. The van der Waals surface area contributed by atoms with E-state index in [1.54, 1.807) is 0 Å². The van der Waals surface area contributed by atoms with Gasteiger partial charge in [-0.15, -0.1) is 0 Å². The molecule has 0 spiro atoms. The Kier molecular flexibility index (Phi) is 3.89. The topological polar surface area (TPSA) is 119 Å². The Morgan fingerprint density at radius 2 is 2.21 bits per heavy atom. The second kappa shape index (κ2) is 5.43. The Morgan fingerprint density at radius 1 is 1.47 bits per heavy atom. The number of hydrogen-bond acceptors (Lipinski definition) is 4. The van der Waals surface area contributed by atoms with Crippen LogP contribution < -0.4 is 10.6 Å². The third kappa shape index (κ3) is 3.14. The monoisotopic (exact) mass is 271 g/mol. The van der Waals surface area contributed by atoms with Crippen molar-refractivity contribution < 1.29 is 24.6 Å². The van der Waals surface area contributed by atoms with Crippen molar-refractivity contribution in [1.29, 1.82) is 0 Å². The molecule has 0 saturated carbocycles. The lowest BCUT2D eigenvalue weighted by Crippen LogP contribution is -2.49. The van der Waals surface area contributed by atoms with E-state index < -0.39 is 24.1 Å². The first kappa shape index (κ1) is 13.6. The van der Waals surface area contributed by atoms with Gasteiger partial charge in [-0.2, -0.15) is 0 Å². The Labute approximate surface area is 109 Å². The number of carbonyl (C=O) groups is 3. The molecule has 0 aliphatic carbocycles. The van der Waals surface area contributed by atoms with Gasteiger partial charge in [0.2, 0.25) is 5.91 Å². The zero-order valence-corrected chi connectivity index (χ0v) is 10.3. The number of aliphatic hydroxyl groups excluding tert-OH is 1. The summed E-state index contributed by atoms with van der Waals surface area (Å²) in [5.41, 5.74) is 0. The predicted molar refractivity (Wildman–Crippen MR) is 63.3 cm³/mol. The highest BCUT2D eigenvalue weighted by Crippen LogP contribution is 2.18. The molecule has 2 fully saturated rings. The van der Waals surface area contributed by atoms with Crippen LogP contribution in [0.5, 0.6) is 0 Å². The van der Waals surface area contributed by atoms with E-state index in [0.29, 0.717) is 12.8 Å². The lowest BCUT2D eigenvalue weighted by atomic mass is 10.2. The van der Waals surface area contributed by atoms with Crippen LogP contribution in [0.3, 0.4) is 0 Å². The van der Waals surface area contributed by atoms with Crippen LogP contribution in [-0.4, -0.2) is 64.3 Å². The van der Waals surface area contributed by atoms with Crippen molar-refractivity contribution in [2.75, 3.05) is 13.1 Å². The third-order valence-electron chi connectivity index (χ3n) is 3.41. The van der Waals surface area contributed by atoms with Gasteiger partial charge in [-0.1, -0.05) is 0 Å². The van der Waals surface area contributed by atoms with Gasteiger partial charge in [0.1, 0.15) is 6.04 Å². The normalized spacial score (nSPS) is 30.3. The first-order valence-corrected chi connectivity index (χ1v) is 6.22. The van der Waals surface area contributed by atoms with E-state index >= 15 is 0 Å². The van der Waals surface area contributed by atoms with E-state index in [0.717, 1.165) is 4.90 Å². The van der Waals surface area contributed by atoms with Crippen LogP contribution in [0.4, 0.5) is 4.79 Å². The lowest BCUT2D eigenvalue weighted by Gasteiger charge is -2.22. The summed E-state index contributed by atoms with van der Waals surface area (Å²) in [5.74, 6) is -1.17. The minimum atomic E-state index is -1.12. The van der Waals surface area contributed by atoms with E-state index in [2.05, 4.69) is 10.6 Å². The van der Waals surface area contributed by atoms with Gasteiger partial charge >= 0.3 is 12.0 Å². The zero-order valence-electron chi connectivity index (χ0n) is 10.3. The van der Waals surface area contributed by atoms with Crippen molar-refractivity contribution in [3.63, 3.8) is 0 Å². The minimum Gasteiger partial charge on any atom is -0.480 e. The molecule has 2 heterocycles. The third-order valence-corrected chi connectivity index (χ3v) is 3.41. The van der Waals surface area contributed by atoms with Crippen molar-refractivity contribution in [1.82, 2.24) is 15.5 Å². The summed E-state index contributed by atoms with van der Waals surface area (Å²) in [4.78, 5) is 35.0. The molecular formula is C11H17N3O5. The van der Waals surface area contributed by atoms with Gasteiger partial charge in [0, 0.05) is 32.0 Å². The number of carboxylic acids is 1. The molecule has 0 radical (unpaired) electrons. The fourth-order valence-electron chi connectivity index (χ4n) is 2.41. The first-order chi connectivity index (χ1) is 8.97. The molecule has 0 aromatic heterocycles. The lowest BCUT2D eigenvalue weighted by molar-refractivity contribution is -0.141. The maximum absolute atomic E-state index is 11.9. The maximum atomic E-state index is 11.9. The number of carboxylic acid groups (broad SMARTS) is 1. The molecule has 0 aromatic rings. The van der Waals surface area contributed by atoms with E-state index in [-0.39, 0.29) is 31.5 Å². The molecule has 3 atom stereocenters. The number of β-amino-alcohol motifs (C(OH)–C–C–N with tert-alkyl or cyclic N) is 1. The zero-order chi connectivity index (χ0) is 14.0. The molecule has 19 heavy (non-hydrogen) atoms. The standard InChI is InChI=1S/C11H17N3O5/c15-7-3-8(10(17)18)14(5-7)11(19)12-4-6-1-2-9(16)13-6/h6-8,15H,1-5H2,(H,12,19)(H,13,16)(H,17,18)/t6?,7-,8-/m0/s1. The number of aliphatic hydroxyl groups is 1. The molecule has 3 amide bonds. The summed E-state index contributed by atoms with van der Waals surface area (Å²) < 4.78 is 0. The Bertz CT molecular complexity index is 400. The molecule has 0 bridgehead atoms. The summed E-state index contributed by atoms with van der Waals surface area (Å²) in [5, 5.41) is 23.7. The van der Waals surface area contributed by atoms with E-state index in [1.165, 1.54) is 0 Å². The molecule has 8 nitrogen and oxygen atoms in total. The van der Waals surface area contributed by atoms with E-state index in [1.807, 2.05) is 0 Å². The quantitative estimate of drug-likeness (QED) is 0.498. The van der Waals surface area contributed by atoms with Gasteiger partial charge in [0.05, 0.1) is 6.10 Å². The Hall–Kier alpha value is -1.83. The molecule has 2 aliphatic rings. The minimum absolute atomic E-state index is 0.0137. The van der Waals surface area contributed by atoms with Gasteiger partial charge in [0.15, 0.2) is 0 Å². The van der Waals surface area contributed by atoms with Crippen LogP contribution in [0.15, 0.2) is 0 Å². The van der Waals surface area contributed by atoms with E-state index in [4.69, 9.17) is 5.11 Å². The molecule has 8 heteroatoms. The van der Waals surface area contributed by atoms with Gasteiger partial charge in [0.25, 0.3) is 0 Å². The van der Waals surface area contributed by atoms with Gasteiger partial charge in [-0.3, -0.25) is 4.79 Å². The number of hydrogen-bond donors (Lipinski definition) is 4. The summed E-state index contributed by atoms with van der Waals surface area (Å²) in [6.07, 6.45) is 0.339. The highest BCUT2D eigenvalue weighted by Gasteiger charge is 2.39. The largest absolute Gasteiger partial charge is 0.480 e. The SMILES string of the molecule is O=C1CCC(CNC(=O)N2C[C@@H](O)C[C@H]2C(=O)O)N1. The summed E-state index contributed by atoms with van der Waals surface area (Å²) in [7, 11) is 0. The van der Waals surface area contributed by atoms with Crippen molar-refractivity contribution in [2.24, 2.45) is 0 Å². The molecule has 1 unspecified atom stereocenters. The van der Waals surface area contributed by atoms with Crippen LogP contribution in [0, 0.1) is 0 Å². The molecule has 2 aliphatic heterocycles. The van der Waals surface area contributed by atoms with Crippen LogP contribution >= 0.6 is 0 Å². The van der Waals surface area contributed by atoms with Crippen molar-refractivity contribution in [3.05, 3.63) is 0 Å². The fraction of sp³-hybridized carbons (Fsp3) is 0.727. The van der Waals surface area contributed by atoms with Crippen molar-refractivity contribution >= 4 is 17.9 Å². The van der Waals surface area contributed by atoms with Gasteiger partial charge in [-0.25, -0.2) is 9.59 Å². The molecule has 0 aromatic carbocycles. The maximum Gasteiger partial charge on any atom is 0.326 e. The van der Waals surface area contributed by atoms with Crippen LogP contribution in [-0.2, 0) is 9.59 Å². The number of aliphatic carboxylic acids is 1. The molecule has 106 valence electrons. The van der Waals surface area contributed by atoms with Crippen LogP contribution in [0.25, 0.3) is 0 Å². The summed E-state index contributed by atoms with van der Waals surface area (Å²) in [6, 6.07) is -1.62. The molecule has 2 rings (SSSR count). The number of likely N-dealkylation sites (tertiary alicyclic amines) is 1. The number of amides is 3. The highest BCUT2D eigenvalue weighted by atomic mass is 16.4. The molecule has 2 saturated heterocycles. The predicted octanol–water partition coefficient (Wildman–Crippen LogP) is -1.51. The number of nitrogens with zero attached hydrogens (tertiary/aromatic N) is 1. The summed E-state index contributed by atoms with van der Waals surface area (Å²) in [6.45, 7) is 0.281. The number of rotatable bonds is 3. The van der Waals surface area contributed by atoms with Crippen LogP contribution in [0.2, 0.25) is 0 Å². The van der Waals surface area contributed by atoms with Crippen LogP contribution in [0.1, 0.15) is 19.3 Å². The average Bonchev–Trinajstić information content (AvgIpc) is 2.92. The number of carbonyl (C=O) groups excluding carboxylic acids is 2. The first-order valence-electron chi connectivity index (χ1n) is 6.22. The Balaban J connectivity index is 1.85. The van der Waals surface area contributed by atoms with Gasteiger partial charge in [-0.05, 0) is 6.42 Å². The van der Waals surface area contributed by atoms with Gasteiger partial charge < -0.3 is 25.7 Å². The van der Waals surface area contributed by atoms with E-state index in [9.17, 15) is 19.5 Å². The van der Waals surface area contributed by atoms with Crippen molar-refractivity contribution in [3.8, 4) is 0 Å².